The molecule has 0 unspecified atom stereocenters. The Morgan fingerprint density at radius 1 is 1.00 bits per heavy atom. The number of aliphatic hydroxyl groups is 1. The molecule has 0 spiro atoms. The van der Waals surface area contributed by atoms with Gasteiger partial charge in [0.05, 0.1) is 0 Å². The highest BCUT2D eigenvalue weighted by Gasteiger charge is 2.38. The van der Waals surface area contributed by atoms with Crippen LogP contribution >= 0.6 is 0 Å². The molecule has 0 saturated heterocycles. The summed E-state index contributed by atoms with van der Waals surface area (Å²) in [6.07, 6.45) is 13.3. The normalized spacial score (nSPS) is 25.6. The number of hydrogen-bond donors (Lipinski definition) is 1. The van der Waals surface area contributed by atoms with Gasteiger partial charge in [-0.3, -0.25) is 4.79 Å². The molecule has 1 N–H and O–H groups in total. The van der Waals surface area contributed by atoms with Crippen molar-refractivity contribution in [3.63, 3.8) is 0 Å². The molecular formula is C15H24O2. The minimum absolute atomic E-state index is 0.0408. The first-order valence-corrected chi connectivity index (χ1v) is 7.19. The van der Waals surface area contributed by atoms with Gasteiger partial charge in [-0.2, -0.15) is 0 Å². The van der Waals surface area contributed by atoms with Gasteiger partial charge in [-0.25, -0.2) is 0 Å². The number of Topliss-reactive ketones (excluding diaryl/α,β-unsaturated/α-hetero) is 1. The average molecular weight is 236 g/mol. The summed E-state index contributed by atoms with van der Waals surface area (Å²) in [5, 5.41) is 10.5. The molecule has 2 heteroatoms. The van der Waals surface area contributed by atoms with Crippen LogP contribution in [0.4, 0.5) is 0 Å². The summed E-state index contributed by atoms with van der Waals surface area (Å²) in [7, 11) is 0. The first-order valence-electron chi connectivity index (χ1n) is 7.19. The molecule has 96 valence electrons. The van der Waals surface area contributed by atoms with Crippen molar-refractivity contribution in [2.24, 2.45) is 0 Å². The van der Waals surface area contributed by atoms with E-state index in [1.807, 2.05) is 0 Å². The quantitative estimate of drug-likeness (QED) is 0.796. The summed E-state index contributed by atoms with van der Waals surface area (Å²) >= 11 is 0. The molecule has 0 aromatic rings. The first kappa shape index (κ1) is 12.8. The lowest BCUT2D eigenvalue weighted by Gasteiger charge is -2.31. The van der Waals surface area contributed by atoms with Crippen molar-refractivity contribution < 1.29 is 9.90 Å². The highest BCUT2D eigenvalue weighted by atomic mass is 16.3. The van der Waals surface area contributed by atoms with Gasteiger partial charge < -0.3 is 5.11 Å². The van der Waals surface area contributed by atoms with E-state index in [0.29, 0.717) is 12.8 Å². The van der Waals surface area contributed by atoms with Gasteiger partial charge in [0.1, 0.15) is 5.60 Å². The van der Waals surface area contributed by atoms with Gasteiger partial charge in [-0.05, 0) is 44.1 Å². The standard InChI is InChI=1S/C15H24O2/c16-14(15(17)11-7-4-8-12-15)13-9-5-2-1-3-6-10-13/h9,17H,1-8,10-12H2. The summed E-state index contributed by atoms with van der Waals surface area (Å²) < 4.78 is 0. The minimum atomic E-state index is -1.02. The number of allylic oxidation sites excluding steroid dienone is 1. The van der Waals surface area contributed by atoms with E-state index in [-0.39, 0.29) is 5.78 Å². The molecule has 2 aliphatic rings. The summed E-state index contributed by atoms with van der Waals surface area (Å²) in [6, 6.07) is 0. The zero-order valence-corrected chi connectivity index (χ0v) is 10.7. The molecule has 0 heterocycles. The van der Waals surface area contributed by atoms with Gasteiger partial charge >= 0.3 is 0 Å². The zero-order valence-electron chi connectivity index (χ0n) is 10.7. The van der Waals surface area contributed by atoms with Gasteiger partial charge in [0.15, 0.2) is 5.78 Å². The lowest BCUT2D eigenvalue weighted by Crippen LogP contribution is -2.41. The van der Waals surface area contributed by atoms with E-state index < -0.39 is 5.60 Å². The van der Waals surface area contributed by atoms with E-state index in [1.54, 1.807) is 0 Å². The van der Waals surface area contributed by atoms with Gasteiger partial charge in [0.25, 0.3) is 0 Å². The van der Waals surface area contributed by atoms with Crippen LogP contribution in [0.1, 0.15) is 70.6 Å². The molecule has 1 fully saturated rings. The Hall–Kier alpha value is -0.630. The fraction of sp³-hybridized carbons (Fsp3) is 0.800. The third-order valence-corrected chi connectivity index (χ3v) is 4.19. The van der Waals surface area contributed by atoms with Crippen LogP contribution in [0.3, 0.4) is 0 Å². The van der Waals surface area contributed by atoms with Crippen molar-refractivity contribution in [1.82, 2.24) is 0 Å². The SMILES string of the molecule is O=C(C1=CCCCCCC1)C1(O)CCCCC1. The Morgan fingerprint density at radius 2 is 1.65 bits per heavy atom. The third kappa shape index (κ3) is 3.19. The maximum atomic E-state index is 12.4. The highest BCUT2D eigenvalue weighted by molar-refractivity contribution is 6.01. The Bertz CT molecular complexity index is 298. The molecule has 0 amide bonds. The number of carbonyl (C=O) groups excluding carboxylic acids is 1. The van der Waals surface area contributed by atoms with Crippen LogP contribution in [0.15, 0.2) is 11.6 Å². The Labute approximate surface area is 104 Å². The monoisotopic (exact) mass is 236 g/mol. The number of rotatable bonds is 2. The van der Waals surface area contributed by atoms with Crippen molar-refractivity contribution in [2.75, 3.05) is 0 Å². The number of carbonyl (C=O) groups is 1. The summed E-state index contributed by atoms with van der Waals surface area (Å²) in [5.41, 5.74) is -0.113. The predicted molar refractivity (Wildman–Crippen MR) is 68.8 cm³/mol. The Morgan fingerprint density at radius 3 is 2.41 bits per heavy atom. The predicted octanol–water partition coefficient (Wildman–Crippen LogP) is 3.53. The van der Waals surface area contributed by atoms with Gasteiger partial charge in [0, 0.05) is 0 Å². The molecule has 2 aliphatic carbocycles. The van der Waals surface area contributed by atoms with Crippen molar-refractivity contribution in [3.8, 4) is 0 Å². The fourth-order valence-corrected chi connectivity index (χ4v) is 3.06. The van der Waals surface area contributed by atoms with E-state index in [2.05, 4.69) is 6.08 Å². The summed E-state index contributed by atoms with van der Waals surface area (Å²) in [4.78, 5) is 12.4. The lowest BCUT2D eigenvalue weighted by atomic mass is 9.78. The van der Waals surface area contributed by atoms with E-state index in [0.717, 1.165) is 44.1 Å². The fourth-order valence-electron chi connectivity index (χ4n) is 3.06. The second kappa shape index (κ2) is 5.81. The van der Waals surface area contributed by atoms with Crippen molar-refractivity contribution >= 4 is 5.78 Å². The van der Waals surface area contributed by atoms with E-state index in [1.165, 1.54) is 19.3 Å². The third-order valence-electron chi connectivity index (χ3n) is 4.19. The molecule has 0 bridgehead atoms. The summed E-state index contributed by atoms with van der Waals surface area (Å²) in [6.45, 7) is 0. The molecule has 0 atom stereocenters. The number of hydrogen-bond acceptors (Lipinski definition) is 2. The van der Waals surface area contributed by atoms with Gasteiger partial charge in [-0.1, -0.05) is 38.2 Å². The second-order valence-corrected chi connectivity index (χ2v) is 5.60. The first-order chi connectivity index (χ1) is 8.22. The summed E-state index contributed by atoms with van der Waals surface area (Å²) in [5.74, 6) is 0.0408. The molecule has 0 aromatic heterocycles. The smallest absolute Gasteiger partial charge is 0.189 e. The number of ketones is 1. The van der Waals surface area contributed by atoms with Gasteiger partial charge in [-0.15, -0.1) is 0 Å². The molecule has 17 heavy (non-hydrogen) atoms. The van der Waals surface area contributed by atoms with Gasteiger partial charge in [0.2, 0.25) is 0 Å². The van der Waals surface area contributed by atoms with Crippen molar-refractivity contribution in [3.05, 3.63) is 11.6 Å². The molecular weight excluding hydrogens is 212 g/mol. The topological polar surface area (TPSA) is 37.3 Å². The molecule has 2 nitrogen and oxygen atoms in total. The highest BCUT2D eigenvalue weighted by Crippen LogP contribution is 2.32. The lowest BCUT2D eigenvalue weighted by molar-refractivity contribution is -0.136. The Kier molecular flexibility index (Phi) is 4.38. The van der Waals surface area contributed by atoms with E-state index in [9.17, 15) is 9.90 Å². The molecule has 0 aliphatic heterocycles. The molecule has 2 rings (SSSR count). The van der Waals surface area contributed by atoms with Crippen LogP contribution in [0.25, 0.3) is 0 Å². The maximum absolute atomic E-state index is 12.4. The average Bonchev–Trinajstić information content (AvgIpc) is 2.29. The van der Waals surface area contributed by atoms with E-state index in [4.69, 9.17) is 0 Å². The second-order valence-electron chi connectivity index (χ2n) is 5.60. The zero-order chi connectivity index (χ0) is 12.1. The van der Waals surface area contributed by atoms with Crippen LogP contribution < -0.4 is 0 Å². The van der Waals surface area contributed by atoms with Crippen molar-refractivity contribution in [2.45, 2.75) is 76.2 Å². The molecule has 0 aromatic carbocycles. The molecule has 0 radical (unpaired) electrons. The van der Waals surface area contributed by atoms with Crippen LogP contribution in [0, 0.1) is 0 Å². The molecule has 1 saturated carbocycles. The van der Waals surface area contributed by atoms with Crippen molar-refractivity contribution in [1.29, 1.82) is 0 Å². The minimum Gasteiger partial charge on any atom is -0.382 e. The van der Waals surface area contributed by atoms with Crippen LogP contribution in [0.2, 0.25) is 0 Å². The van der Waals surface area contributed by atoms with Crippen LogP contribution in [0.5, 0.6) is 0 Å². The van der Waals surface area contributed by atoms with Crippen LogP contribution in [-0.4, -0.2) is 16.5 Å². The van der Waals surface area contributed by atoms with E-state index >= 15 is 0 Å². The Balaban J connectivity index is 2.06. The largest absolute Gasteiger partial charge is 0.382 e. The maximum Gasteiger partial charge on any atom is 0.189 e. The van der Waals surface area contributed by atoms with Crippen LogP contribution in [-0.2, 0) is 4.79 Å².